The Kier molecular flexibility index (Phi) is 3.97. The minimum Gasteiger partial charge on any atom is -0.478 e. The zero-order valence-corrected chi connectivity index (χ0v) is 11.1. The Morgan fingerprint density at radius 3 is 2.53 bits per heavy atom. The van der Waals surface area contributed by atoms with Crippen molar-refractivity contribution in [1.29, 1.82) is 0 Å². The van der Waals surface area contributed by atoms with Crippen molar-refractivity contribution >= 4 is 23.4 Å². The van der Waals surface area contributed by atoms with Gasteiger partial charge in [-0.2, -0.15) is 0 Å². The number of benzene rings is 2. The van der Waals surface area contributed by atoms with Crippen LogP contribution in [0, 0.1) is 0 Å². The summed E-state index contributed by atoms with van der Waals surface area (Å²) in [4.78, 5) is 12.0. The molecular formula is C14H13NO3S. The minimum atomic E-state index is -1.07. The van der Waals surface area contributed by atoms with Gasteiger partial charge in [-0.05, 0) is 30.5 Å². The molecule has 0 bridgehead atoms. The van der Waals surface area contributed by atoms with E-state index in [1.165, 1.54) is 6.07 Å². The third-order valence-corrected chi connectivity index (χ3v) is 3.36. The number of carbonyl (C=O) groups is 1. The molecule has 0 aliphatic heterocycles. The van der Waals surface area contributed by atoms with Crippen molar-refractivity contribution in [3.8, 4) is 11.5 Å². The molecule has 0 spiro atoms. The molecule has 0 unspecified atom stereocenters. The van der Waals surface area contributed by atoms with Crippen LogP contribution in [0.2, 0.25) is 0 Å². The van der Waals surface area contributed by atoms with Gasteiger partial charge in [-0.3, -0.25) is 0 Å². The fraction of sp³-hybridized carbons (Fsp3) is 0.0714. The van der Waals surface area contributed by atoms with E-state index < -0.39 is 5.97 Å². The van der Waals surface area contributed by atoms with Gasteiger partial charge in [0, 0.05) is 4.90 Å². The van der Waals surface area contributed by atoms with Gasteiger partial charge in [-0.1, -0.05) is 18.2 Å². The molecule has 0 fully saturated rings. The van der Waals surface area contributed by atoms with Gasteiger partial charge in [-0.25, -0.2) is 4.79 Å². The van der Waals surface area contributed by atoms with Gasteiger partial charge in [0.25, 0.3) is 0 Å². The van der Waals surface area contributed by atoms with Crippen molar-refractivity contribution in [2.45, 2.75) is 4.90 Å². The largest absolute Gasteiger partial charge is 0.478 e. The van der Waals surface area contributed by atoms with Gasteiger partial charge in [0.05, 0.1) is 11.3 Å². The van der Waals surface area contributed by atoms with Crippen molar-refractivity contribution in [3.05, 3.63) is 48.0 Å². The van der Waals surface area contributed by atoms with Crippen molar-refractivity contribution in [1.82, 2.24) is 0 Å². The summed E-state index contributed by atoms with van der Waals surface area (Å²) < 4.78 is 5.71. The van der Waals surface area contributed by atoms with Gasteiger partial charge in [0.2, 0.25) is 0 Å². The van der Waals surface area contributed by atoms with Crippen LogP contribution in [0.25, 0.3) is 0 Å². The van der Waals surface area contributed by atoms with E-state index in [0.29, 0.717) is 11.5 Å². The quantitative estimate of drug-likeness (QED) is 0.660. The molecule has 98 valence electrons. The van der Waals surface area contributed by atoms with Crippen LogP contribution in [0.3, 0.4) is 0 Å². The third kappa shape index (κ3) is 2.82. The number of para-hydroxylation sites is 2. The molecule has 0 aromatic heterocycles. The number of anilines is 1. The van der Waals surface area contributed by atoms with Crippen LogP contribution in [-0.2, 0) is 0 Å². The molecule has 0 radical (unpaired) electrons. The van der Waals surface area contributed by atoms with E-state index in [1.54, 1.807) is 23.9 Å². The fourth-order valence-electron chi connectivity index (χ4n) is 1.64. The van der Waals surface area contributed by atoms with Gasteiger partial charge in [0.1, 0.15) is 5.75 Å². The van der Waals surface area contributed by atoms with Gasteiger partial charge in [-0.15, -0.1) is 11.8 Å². The van der Waals surface area contributed by atoms with E-state index in [1.807, 2.05) is 30.5 Å². The molecule has 19 heavy (non-hydrogen) atoms. The van der Waals surface area contributed by atoms with Crippen molar-refractivity contribution in [2.75, 3.05) is 12.0 Å². The van der Waals surface area contributed by atoms with Crippen molar-refractivity contribution in [3.63, 3.8) is 0 Å². The Balaban J connectivity index is 2.39. The number of hydrogen-bond acceptors (Lipinski definition) is 4. The van der Waals surface area contributed by atoms with Gasteiger partial charge < -0.3 is 15.6 Å². The number of hydrogen-bond donors (Lipinski definition) is 2. The number of rotatable bonds is 4. The molecule has 2 rings (SSSR count). The highest BCUT2D eigenvalue weighted by Gasteiger charge is 2.13. The minimum absolute atomic E-state index is 0.0409. The van der Waals surface area contributed by atoms with E-state index in [2.05, 4.69) is 0 Å². The molecule has 0 aliphatic rings. The Labute approximate surface area is 115 Å². The smallest absolute Gasteiger partial charge is 0.337 e. The standard InChI is InChI=1S/C14H13NO3S/c1-19-12-8-3-2-6-10(12)18-11-7-4-5-9(13(11)15)14(16)17/h2-8H,15H2,1H3,(H,16,17). The number of aromatic carboxylic acids is 1. The molecule has 3 N–H and O–H groups in total. The molecule has 0 atom stereocenters. The first-order chi connectivity index (χ1) is 9.13. The topological polar surface area (TPSA) is 72.5 Å². The second kappa shape index (κ2) is 5.67. The Morgan fingerprint density at radius 2 is 1.84 bits per heavy atom. The number of thioether (sulfide) groups is 1. The third-order valence-electron chi connectivity index (χ3n) is 2.59. The number of nitrogens with two attached hydrogens (primary N) is 1. The summed E-state index contributed by atoms with van der Waals surface area (Å²) in [7, 11) is 0. The summed E-state index contributed by atoms with van der Waals surface area (Å²) in [6, 6.07) is 12.2. The average molecular weight is 275 g/mol. The number of carboxylic acids is 1. The fourth-order valence-corrected chi connectivity index (χ4v) is 2.17. The van der Waals surface area contributed by atoms with Crippen LogP contribution in [0.15, 0.2) is 47.4 Å². The van der Waals surface area contributed by atoms with Gasteiger partial charge >= 0.3 is 5.97 Å². The molecule has 0 heterocycles. The van der Waals surface area contributed by atoms with Crippen LogP contribution in [0.5, 0.6) is 11.5 Å². The van der Waals surface area contributed by atoms with Crippen LogP contribution < -0.4 is 10.5 Å². The second-order valence-electron chi connectivity index (χ2n) is 3.78. The Bertz CT molecular complexity index is 613. The summed E-state index contributed by atoms with van der Waals surface area (Å²) in [5.41, 5.74) is 5.98. The molecular weight excluding hydrogens is 262 g/mol. The van der Waals surface area contributed by atoms with Crippen LogP contribution in [0.1, 0.15) is 10.4 Å². The van der Waals surface area contributed by atoms with Gasteiger partial charge in [0.15, 0.2) is 5.75 Å². The first-order valence-electron chi connectivity index (χ1n) is 5.56. The molecule has 2 aromatic carbocycles. The predicted molar refractivity (Wildman–Crippen MR) is 76.1 cm³/mol. The maximum Gasteiger partial charge on any atom is 0.337 e. The Morgan fingerprint density at radius 1 is 1.16 bits per heavy atom. The maximum atomic E-state index is 11.0. The molecule has 0 aliphatic carbocycles. The zero-order chi connectivity index (χ0) is 13.8. The summed E-state index contributed by atoms with van der Waals surface area (Å²) in [6.07, 6.45) is 1.94. The maximum absolute atomic E-state index is 11.0. The highest BCUT2D eigenvalue weighted by atomic mass is 32.2. The van der Waals surface area contributed by atoms with Crippen LogP contribution in [-0.4, -0.2) is 17.3 Å². The van der Waals surface area contributed by atoms with Crippen molar-refractivity contribution in [2.24, 2.45) is 0 Å². The lowest BCUT2D eigenvalue weighted by Gasteiger charge is -2.12. The average Bonchev–Trinajstić information content (AvgIpc) is 2.41. The summed E-state index contributed by atoms with van der Waals surface area (Å²) >= 11 is 1.55. The highest BCUT2D eigenvalue weighted by Crippen LogP contribution is 2.34. The first kappa shape index (κ1) is 13.3. The molecule has 5 heteroatoms. The predicted octanol–water partition coefficient (Wildman–Crippen LogP) is 3.48. The number of carboxylic acid groups (broad SMARTS) is 1. The van der Waals surface area contributed by atoms with E-state index in [0.717, 1.165) is 4.90 Å². The van der Waals surface area contributed by atoms with Crippen LogP contribution >= 0.6 is 11.8 Å². The van der Waals surface area contributed by atoms with E-state index in [9.17, 15) is 4.79 Å². The molecule has 0 saturated carbocycles. The molecule has 0 saturated heterocycles. The monoisotopic (exact) mass is 275 g/mol. The van der Waals surface area contributed by atoms with E-state index in [-0.39, 0.29) is 11.3 Å². The van der Waals surface area contributed by atoms with Crippen LogP contribution in [0.4, 0.5) is 5.69 Å². The number of ether oxygens (including phenoxy) is 1. The lowest BCUT2D eigenvalue weighted by atomic mass is 10.1. The normalized spacial score (nSPS) is 10.2. The first-order valence-corrected chi connectivity index (χ1v) is 6.78. The number of nitrogen functional groups attached to an aromatic ring is 1. The SMILES string of the molecule is CSc1ccccc1Oc1cccc(C(=O)O)c1N. The molecule has 2 aromatic rings. The Hall–Kier alpha value is -2.14. The zero-order valence-electron chi connectivity index (χ0n) is 10.3. The highest BCUT2D eigenvalue weighted by molar-refractivity contribution is 7.98. The molecule has 4 nitrogen and oxygen atoms in total. The van der Waals surface area contributed by atoms with Crippen molar-refractivity contribution < 1.29 is 14.6 Å². The van der Waals surface area contributed by atoms with E-state index >= 15 is 0 Å². The lowest BCUT2D eigenvalue weighted by molar-refractivity contribution is 0.0697. The summed E-state index contributed by atoms with van der Waals surface area (Å²) in [5, 5.41) is 9.02. The molecule has 0 amide bonds. The summed E-state index contributed by atoms with van der Waals surface area (Å²) in [5.74, 6) is -0.0632. The van der Waals surface area contributed by atoms with E-state index in [4.69, 9.17) is 15.6 Å². The second-order valence-corrected chi connectivity index (χ2v) is 4.62. The summed E-state index contributed by atoms with van der Waals surface area (Å²) in [6.45, 7) is 0. The lowest BCUT2D eigenvalue weighted by Crippen LogP contribution is -2.03.